The summed E-state index contributed by atoms with van der Waals surface area (Å²) >= 11 is -0.535. The molecule has 0 saturated heterocycles. The highest BCUT2D eigenvalue weighted by Crippen LogP contribution is 2.24. The summed E-state index contributed by atoms with van der Waals surface area (Å²) in [5.41, 5.74) is 3.79. The number of benzene rings is 1. The summed E-state index contributed by atoms with van der Waals surface area (Å²) in [7, 11) is 0. The Morgan fingerprint density at radius 2 is 2.00 bits per heavy atom. The van der Waals surface area contributed by atoms with E-state index in [2.05, 4.69) is 16.9 Å². The zero-order valence-electron chi connectivity index (χ0n) is 11.3. The lowest BCUT2D eigenvalue weighted by molar-refractivity contribution is 0.536. The summed E-state index contributed by atoms with van der Waals surface area (Å²) in [6, 6.07) is 7.48. The summed E-state index contributed by atoms with van der Waals surface area (Å²) < 4.78 is 21.3. The van der Waals surface area contributed by atoms with Crippen LogP contribution in [0.3, 0.4) is 0 Å². The van der Waals surface area contributed by atoms with Crippen molar-refractivity contribution >= 4 is 22.8 Å². The van der Waals surface area contributed by atoms with E-state index in [9.17, 15) is 8.76 Å². The van der Waals surface area contributed by atoms with E-state index in [1.807, 2.05) is 36.7 Å². The van der Waals surface area contributed by atoms with Crippen molar-refractivity contribution in [3.8, 4) is 11.1 Å². The van der Waals surface area contributed by atoms with Crippen molar-refractivity contribution in [2.24, 2.45) is 0 Å². The third kappa shape index (κ3) is 3.65. The molecule has 2 aromatic rings. The molecule has 0 fully saturated rings. The van der Waals surface area contributed by atoms with Crippen LogP contribution >= 0.6 is 11.8 Å². The number of aryl methyl sites for hydroxylation is 1. The molecule has 0 radical (unpaired) electrons. The Morgan fingerprint density at radius 1 is 1.30 bits per heavy atom. The average molecular weight is 307 g/mol. The highest BCUT2D eigenvalue weighted by atomic mass is 32.2. The minimum Gasteiger partial charge on any atom is -0.772 e. The van der Waals surface area contributed by atoms with Crippen molar-refractivity contribution in [3.05, 3.63) is 41.7 Å². The van der Waals surface area contributed by atoms with E-state index in [0.29, 0.717) is 0 Å². The standard InChI is InChI=1S/C14H16N2O2S2/c1-3-13-12(8-15-14(16-13)19-2)11-6-4-10(5-7-11)9-20(17)18/h4-8H,3,9H2,1-2H3,(H,17,18)/p-1. The first-order valence-corrected chi connectivity index (χ1v) is 8.66. The fourth-order valence-corrected chi connectivity index (χ4v) is 2.75. The van der Waals surface area contributed by atoms with Crippen LogP contribution in [-0.4, -0.2) is 25.0 Å². The van der Waals surface area contributed by atoms with Gasteiger partial charge in [-0.05, 0) is 23.8 Å². The van der Waals surface area contributed by atoms with Gasteiger partial charge in [-0.15, -0.1) is 0 Å². The van der Waals surface area contributed by atoms with Gasteiger partial charge in [0, 0.05) is 17.5 Å². The monoisotopic (exact) mass is 307 g/mol. The van der Waals surface area contributed by atoms with Gasteiger partial charge in [0.1, 0.15) is 0 Å². The molecule has 0 N–H and O–H groups in total. The fourth-order valence-electron chi connectivity index (χ4n) is 1.92. The zero-order chi connectivity index (χ0) is 14.5. The van der Waals surface area contributed by atoms with E-state index in [4.69, 9.17) is 0 Å². The van der Waals surface area contributed by atoms with Gasteiger partial charge in [-0.25, -0.2) is 9.97 Å². The molecule has 1 aromatic carbocycles. The molecule has 0 bridgehead atoms. The van der Waals surface area contributed by atoms with E-state index < -0.39 is 11.1 Å². The van der Waals surface area contributed by atoms with Gasteiger partial charge in [0.15, 0.2) is 5.16 Å². The van der Waals surface area contributed by atoms with E-state index in [0.717, 1.165) is 34.0 Å². The van der Waals surface area contributed by atoms with Gasteiger partial charge in [-0.2, -0.15) is 0 Å². The SMILES string of the molecule is CCc1nc(SC)ncc1-c1ccc(CS(=O)[O-])cc1. The van der Waals surface area contributed by atoms with E-state index in [1.54, 1.807) is 0 Å². The normalized spacial score (nSPS) is 12.3. The van der Waals surface area contributed by atoms with Crippen LogP contribution in [-0.2, 0) is 23.3 Å². The van der Waals surface area contributed by atoms with Crippen LogP contribution in [0.4, 0.5) is 0 Å². The second-order valence-corrected chi connectivity index (χ2v) is 5.89. The lowest BCUT2D eigenvalue weighted by atomic mass is 10.0. The Bertz CT molecular complexity index is 615. The number of hydrogen-bond donors (Lipinski definition) is 0. The third-order valence-corrected chi connectivity index (χ3v) is 4.04. The van der Waals surface area contributed by atoms with Crippen LogP contribution < -0.4 is 0 Å². The molecule has 0 aliphatic rings. The molecule has 1 aromatic heterocycles. The van der Waals surface area contributed by atoms with Gasteiger partial charge >= 0.3 is 0 Å². The van der Waals surface area contributed by atoms with Crippen LogP contribution in [0.15, 0.2) is 35.6 Å². The van der Waals surface area contributed by atoms with Crippen molar-refractivity contribution < 1.29 is 8.76 Å². The predicted octanol–water partition coefficient (Wildman–Crippen LogP) is 2.81. The lowest BCUT2D eigenvalue weighted by Crippen LogP contribution is -1.97. The summed E-state index contributed by atoms with van der Waals surface area (Å²) in [6.45, 7) is 2.06. The molecule has 106 valence electrons. The van der Waals surface area contributed by atoms with Crippen LogP contribution in [0.1, 0.15) is 18.2 Å². The zero-order valence-corrected chi connectivity index (χ0v) is 13.0. The maximum absolute atomic E-state index is 10.7. The average Bonchev–Trinajstić information content (AvgIpc) is 2.47. The predicted molar refractivity (Wildman–Crippen MR) is 81.3 cm³/mol. The number of thioether (sulfide) groups is 1. The highest BCUT2D eigenvalue weighted by Gasteiger charge is 2.07. The lowest BCUT2D eigenvalue weighted by Gasteiger charge is -2.09. The molecule has 0 aliphatic carbocycles. The van der Waals surface area contributed by atoms with Gasteiger partial charge < -0.3 is 4.55 Å². The largest absolute Gasteiger partial charge is 0.772 e. The van der Waals surface area contributed by atoms with E-state index in [1.165, 1.54) is 11.8 Å². The van der Waals surface area contributed by atoms with Crippen LogP contribution in [0, 0.1) is 0 Å². The van der Waals surface area contributed by atoms with Crippen LogP contribution in [0.5, 0.6) is 0 Å². The van der Waals surface area contributed by atoms with Crippen molar-refractivity contribution in [1.29, 1.82) is 0 Å². The van der Waals surface area contributed by atoms with Gasteiger partial charge in [0.25, 0.3) is 0 Å². The molecule has 2 rings (SSSR count). The first kappa shape index (κ1) is 15.2. The second kappa shape index (κ2) is 6.97. The number of hydrogen-bond acceptors (Lipinski definition) is 5. The summed E-state index contributed by atoms with van der Waals surface area (Å²) in [5.74, 6) is 0.0445. The Labute approximate surface area is 125 Å². The first-order chi connectivity index (χ1) is 9.63. The minimum absolute atomic E-state index is 0.0445. The third-order valence-electron chi connectivity index (χ3n) is 2.91. The number of nitrogens with zero attached hydrogens (tertiary/aromatic N) is 2. The maximum Gasteiger partial charge on any atom is 0.187 e. The molecule has 0 saturated carbocycles. The molecule has 0 spiro atoms. The number of rotatable bonds is 5. The maximum atomic E-state index is 10.7. The van der Waals surface area contributed by atoms with Crippen molar-refractivity contribution in [2.45, 2.75) is 24.3 Å². The molecule has 20 heavy (non-hydrogen) atoms. The molecular weight excluding hydrogens is 292 g/mol. The Kier molecular flexibility index (Phi) is 5.28. The molecule has 6 heteroatoms. The number of aromatic nitrogens is 2. The minimum atomic E-state index is -2.06. The molecule has 0 aliphatic heterocycles. The first-order valence-electron chi connectivity index (χ1n) is 6.19. The molecule has 1 unspecified atom stereocenters. The summed E-state index contributed by atoms with van der Waals surface area (Å²) in [4.78, 5) is 8.82. The molecule has 1 heterocycles. The van der Waals surface area contributed by atoms with E-state index in [-0.39, 0.29) is 5.75 Å². The van der Waals surface area contributed by atoms with Crippen molar-refractivity contribution in [3.63, 3.8) is 0 Å². The highest BCUT2D eigenvalue weighted by molar-refractivity contribution is 7.98. The van der Waals surface area contributed by atoms with Gasteiger partial charge in [0.05, 0.1) is 5.69 Å². The van der Waals surface area contributed by atoms with Gasteiger partial charge in [-0.1, -0.05) is 54.0 Å². The molecule has 1 atom stereocenters. The second-order valence-electron chi connectivity index (χ2n) is 4.22. The van der Waals surface area contributed by atoms with Gasteiger partial charge in [0.2, 0.25) is 0 Å². The molecular formula is C14H15N2O2S2-. The van der Waals surface area contributed by atoms with Crippen molar-refractivity contribution in [1.82, 2.24) is 9.97 Å². The smallest absolute Gasteiger partial charge is 0.187 e. The topological polar surface area (TPSA) is 65.9 Å². The summed E-state index contributed by atoms with van der Waals surface area (Å²) in [6.07, 6.45) is 4.61. The molecule has 0 amide bonds. The van der Waals surface area contributed by atoms with E-state index >= 15 is 0 Å². The van der Waals surface area contributed by atoms with Gasteiger partial charge in [-0.3, -0.25) is 4.21 Å². The summed E-state index contributed by atoms with van der Waals surface area (Å²) in [5, 5.41) is 0.768. The Balaban J connectivity index is 2.33. The fraction of sp³-hybridized carbons (Fsp3) is 0.286. The Morgan fingerprint density at radius 3 is 2.55 bits per heavy atom. The Hall–Kier alpha value is -1.24. The van der Waals surface area contributed by atoms with Crippen molar-refractivity contribution in [2.75, 3.05) is 6.26 Å². The quantitative estimate of drug-likeness (QED) is 0.483. The van der Waals surface area contributed by atoms with Crippen LogP contribution in [0.25, 0.3) is 11.1 Å². The molecule has 4 nitrogen and oxygen atoms in total. The van der Waals surface area contributed by atoms with Crippen LogP contribution in [0.2, 0.25) is 0 Å².